The minimum atomic E-state index is 0. The van der Waals surface area contributed by atoms with Gasteiger partial charge in [0.1, 0.15) is 0 Å². The number of carbonyl (C=O) groups excluding carboxylic acids is 1. The lowest BCUT2D eigenvalue weighted by molar-refractivity contribution is -0.123. The molecule has 1 aromatic carbocycles. The summed E-state index contributed by atoms with van der Waals surface area (Å²) < 4.78 is 0. The summed E-state index contributed by atoms with van der Waals surface area (Å²) in [4.78, 5) is 12.6. The smallest absolute Gasteiger partial charge is 0.237 e. The van der Waals surface area contributed by atoms with Crippen molar-refractivity contribution < 1.29 is 4.79 Å². The Kier molecular flexibility index (Phi) is 6.49. The molecule has 0 bridgehead atoms. The van der Waals surface area contributed by atoms with Crippen molar-refractivity contribution in [1.29, 1.82) is 0 Å². The summed E-state index contributed by atoms with van der Waals surface area (Å²) in [5, 5.41) is 6.79. The molecule has 3 nitrogen and oxygen atoms in total. The lowest BCUT2D eigenvalue weighted by Crippen LogP contribution is -2.47. The fourth-order valence-corrected chi connectivity index (χ4v) is 4.02. The molecule has 0 aromatic heterocycles. The molecule has 0 radical (unpaired) electrons. The number of hydrogen-bond acceptors (Lipinski definition) is 2. The van der Waals surface area contributed by atoms with E-state index in [1.807, 2.05) is 6.07 Å². The van der Waals surface area contributed by atoms with E-state index in [0.717, 1.165) is 6.42 Å². The van der Waals surface area contributed by atoms with Gasteiger partial charge in [-0.05, 0) is 37.7 Å². The van der Waals surface area contributed by atoms with Gasteiger partial charge in [-0.3, -0.25) is 4.79 Å². The average Bonchev–Trinajstić information content (AvgIpc) is 2.99. The Labute approximate surface area is 146 Å². The summed E-state index contributed by atoms with van der Waals surface area (Å²) in [6.07, 6.45) is 6.19. The lowest BCUT2D eigenvalue weighted by Gasteiger charge is -2.24. The van der Waals surface area contributed by atoms with Crippen LogP contribution in [0.15, 0.2) is 30.3 Å². The van der Waals surface area contributed by atoms with Gasteiger partial charge in [-0.15, -0.1) is 12.4 Å². The van der Waals surface area contributed by atoms with Crippen molar-refractivity contribution in [2.24, 2.45) is 5.92 Å². The van der Waals surface area contributed by atoms with E-state index in [-0.39, 0.29) is 30.4 Å². The number of carbonyl (C=O) groups is 1. The van der Waals surface area contributed by atoms with Crippen LogP contribution in [0.1, 0.15) is 57.4 Å². The summed E-state index contributed by atoms with van der Waals surface area (Å²) in [5.41, 5.74) is 1.28. The van der Waals surface area contributed by atoms with E-state index in [9.17, 15) is 4.79 Å². The number of halogens is 1. The van der Waals surface area contributed by atoms with Crippen molar-refractivity contribution in [3.05, 3.63) is 35.9 Å². The predicted octanol–water partition coefficient (Wildman–Crippen LogP) is 3.64. The van der Waals surface area contributed by atoms with Crippen LogP contribution in [0.2, 0.25) is 0 Å². The van der Waals surface area contributed by atoms with Gasteiger partial charge >= 0.3 is 0 Å². The molecular formula is C19H29ClN2O. The second-order valence-electron chi connectivity index (χ2n) is 7.10. The SMILES string of the molecule is CC(NC(=O)C1CC2CCCCC2N1)C(C)c1ccccc1.Cl. The third-order valence-corrected chi connectivity index (χ3v) is 5.62. The van der Waals surface area contributed by atoms with E-state index >= 15 is 0 Å². The van der Waals surface area contributed by atoms with Crippen LogP contribution >= 0.6 is 12.4 Å². The number of nitrogens with one attached hydrogen (secondary N) is 2. The number of benzene rings is 1. The molecule has 128 valence electrons. The van der Waals surface area contributed by atoms with Gasteiger partial charge in [0.25, 0.3) is 0 Å². The molecule has 3 rings (SSSR count). The first-order chi connectivity index (χ1) is 10.6. The zero-order chi connectivity index (χ0) is 15.5. The summed E-state index contributed by atoms with van der Waals surface area (Å²) in [5.74, 6) is 1.23. The lowest BCUT2D eigenvalue weighted by atomic mass is 9.85. The number of fused-ring (bicyclic) bond motifs is 1. The van der Waals surface area contributed by atoms with E-state index in [2.05, 4.69) is 48.7 Å². The largest absolute Gasteiger partial charge is 0.352 e. The highest BCUT2D eigenvalue weighted by Crippen LogP contribution is 2.33. The summed E-state index contributed by atoms with van der Waals surface area (Å²) in [7, 11) is 0. The third-order valence-electron chi connectivity index (χ3n) is 5.62. The normalized spacial score (nSPS) is 29.0. The van der Waals surface area contributed by atoms with Crippen LogP contribution in [0.4, 0.5) is 0 Å². The van der Waals surface area contributed by atoms with Crippen LogP contribution in [0.3, 0.4) is 0 Å². The quantitative estimate of drug-likeness (QED) is 0.881. The van der Waals surface area contributed by atoms with Crippen molar-refractivity contribution in [3.63, 3.8) is 0 Å². The third kappa shape index (κ3) is 4.27. The van der Waals surface area contributed by atoms with Crippen molar-refractivity contribution in [3.8, 4) is 0 Å². The maximum absolute atomic E-state index is 12.6. The Morgan fingerprint density at radius 1 is 1.17 bits per heavy atom. The van der Waals surface area contributed by atoms with Gasteiger partial charge in [-0.25, -0.2) is 0 Å². The number of rotatable bonds is 4. The zero-order valence-corrected chi connectivity index (χ0v) is 14.9. The fourth-order valence-electron chi connectivity index (χ4n) is 4.02. The Balaban J connectivity index is 0.00000192. The molecule has 1 aliphatic heterocycles. The Morgan fingerprint density at radius 2 is 1.87 bits per heavy atom. The van der Waals surface area contributed by atoms with Crippen molar-refractivity contribution in [1.82, 2.24) is 10.6 Å². The molecule has 1 amide bonds. The molecule has 4 heteroatoms. The molecule has 2 aliphatic rings. The molecule has 1 saturated heterocycles. The van der Waals surface area contributed by atoms with E-state index in [1.165, 1.54) is 31.2 Å². The van der Waals surface area contributed by atoms with E-state index in [4.69, 9.17) is 0 Å². The number of amides is 1. The first-order valence-corrected chi connectivity index (χ1v) is 8.76. The van der Waals surface area contributed by atoms with Gasteiger partial charge < -0.3 is 10.6 Å². The maximum atomic E-state index is 12.6. The van der Waals surface area contributed by atoms with E-state index in [1.54, 1.807) is 0 Å². The van der Waals surface area contributed by atoms with Crippen LogP contribution < -0.4 is 10.6 Å². The minimum Gasteiger partial charge on any atom is -0.352 e. The molecule has 1 aromatic rings. The van der Waals surface area contributed by atoms with Gasteiger partial charge in [-0.2, -0.15) is 0 Å². The molecule has 1 heterocycles. The Morgan fingerprint density at radius 3 is 2.57 bits per heavy atom. The van der Waals surface area contributed by atoms with E-state index < -0.39 is 0 Å². The molecule has 2 fully saturated rings. The summed E-state index contributed by atoms with van der Waals surface area (Å²) in [6.45, 7) is 4.29. The molecular weight excluding hydrogens is 308 g/mol. The zero-order valence-electron chi connectivity index (χ0n) is 14.1. The fraction of sp³-hybridized carbons (Fsp3) is 0.632. The topological polar surface area (TPSA) is 41.1 Å². The Hall–Kier alpha value is -1.06. The van der Waals surface area contributed by atoms with Gasteiger partial charge in [0.15, 0.2) is 0 Å². The van der Waals surface area contributed by atoms with Crippen LogP contribution in [0.25, 0.3) is 0 Å². The molecule has 1 aliphatic carbocycles. The molecule has 0 spiro atoms. The second kappa shape index (κ2) is 8.16. The first-order valence-electron chi connectivity index (χ1n) is 8.76. The standard InChI is InChI=1S/C19H28N2O.ClH/c1-13(15-8-4-3-5-9-15)14(2)20-19(22)18-12-16-10-6-7-11-17(16)21-18;/h3-5,8-9,13-14,16-18,21H,6-7,10-12H2,1-2H3,(H,20,22);1H. The highest BCUT2D eigenvalue weighted by Gasteiger charge is 2.38. The first kappa shape index (κ1) is 18.3. The molecule has 2 N–H and O–H groups in total. The molecule has 5 unspecified atom stereocenters. The van der Waals surface area contributed by atoms with Gasteiger partial charge in [0.2, 0.25) is 5.91 Å². The molecule has 23 heavy (non-hydrogen) atoms. The highest BCUT2D eigenvalue weighted by molar-refractivity contribution is 5.85. The van der Waals surface area contributed by atoms with Gasteiger partial charge in [0.05, 0.1) is 6.04 Å². The average molecular weight is 337 g/mol. The van der Waals surface area contributed by atoms with Crippen LogP contribution in [-0.4, -0.2) is 24.0 Å². The van der Waals surface area contributed by atoms with Crippen LogP contribution in [0.5, 0.6) is 0 Å². The summed E-state index contributed by atoms with van der Waals surface area (Å²) >= 11 is 0. The summed E-state index contributed by atoms with van der Waals surface area (Å²) in [6, 6.07) is 11.2. The highest BCUT2D eigenvalue weighted by atomic mass is 35.5. The van der Waals surface area contributed by atoms with Gasteiger partial charge in [-0.1, -0.05) is 50.1 Å². The van der Waals surface area contributed by atoms with E-state index in [0.29, 0.717) is 17.9 Å². The number of hydrogen-bond donors (Lipinski definition) is 2. The van der Waals surface area contributed by atoms with Crippen LogP contribution in [0, 0.1) is 5.92 Å². The Bertz CT molecular complexity index is 493. The predicted molar refractivity (Wildman–Crippen MR) is 97.0 cm³/mol. The van der Waals surface area contributed by atoms with Crippen molar-refractivity contribution >= 4 is 18.3 Å². The minimum absolute atomic E-state index is 0. The maximum Gasteiger partial charge on any atom is 0.237 e. The van der Waals surface area contributed by atoms with Crippen LogP contribution in [-0.2, 0) is 4.79 Å². The molecule has 1 saturated carbocycles. The monoisotopic (exact) mass is 336 g/mol. The van der Waals surface area contributed by atoms with Crippen molar-refractivity contribution in [2.45, 2.75) is 70.0 Å². The molecule has 5 atom stereocenters. The van der Waals surface area contributed by atoms with Gasteiger partial charge in [0, 0.05) is 18.0 Å². The van der Waals surface area contributed by atoms with Crippen molar-refractivity contribution in [2.75, 3.05) is 0 Å². The second-order valence-corrected chi connectivity index (χ2v) is 7.10.